The molecule has 0 atom stereocenters. The number of rotatable bonds is 5. The first kappa shape index (κ1) is 17.8. The van der Waals surface area contributed by atoms with Crippen LogP contribution in [0.15, 0.2) is 67.0 Å². The molecule has 4 aromatic rings. The Labute approximate surface area is 159 Å². The van der Waals surface area contributed by atoms with E-state index in [9.17, 15) is 13.6 Å². The van der Waals surface area contributed by atoms with Crippen LogP contribution in [0.25, 0.3) is 16.6 Å². The molecule has 0 aliphatic rings. The summed E-state index contributed by atoms with van der Waals surface area (Å²) in [6.45, 7) is 0.323. The molecule has 0 aliphatic heterocycles. The molecule has 1 N–H and O–H groups in total. The zero-order valence-corrected chi connectivity index (χ0v) is 14.8. The Morgan fingerprint density at radius 3 is 2.36 bits per heavy atom. The van der Waals surface area contributed by atoms with Crippen LogP contribution >= 0.6 is 0 Å². The number of nitrogens with zero attached hydrogens (tertiary/aromatic N) is 3. The average molecular weight is 378 g/mol. The summed E-state index contributed by atoms with van der Waals surface area (Å²) in [6.07, 6.45) is 3.45. The molecule has 0 fully saturated rings. The summed E-state index contributed by atoms with van der Waals surface area (Å²) in [6, 6.07) is 13.8. The van der Waals surface area contributed by atoms with Gasteiger partial charge in [0.25, 0.3) is 0 Å². The normalized spacial score (nSPS) is 10.9. The predicted octanol–water partition coefficient (Wildman–Crippen LogP) is 3.56. The second kappa shape index (κ2) is 7.56. The van der Waals surface area contributed by atoms with Crippen molar-refractivity contribution in [1.29, 1.82) is 0 Å². The number of fused-ring (bicyclic) bond motifs is 1. The minimum atomic E-state index is -0.313. The van der Waals surface area contributed by atoms with Gasteiger partial charge >= 0.3 is 0 Å². The quantitative estimate of drug-likeness (QED) is 0.578. The molecule has 0 unspecified atom stereocenters. The van der Waals surface area contributed by atoms with E-state index in [1.54, 1.807) is 47.4 Å². The molecule has 0 saturated carbocycles. The summed E-state index contributed by atoms with van der Waals surface area (Å²) in [5.74, 6) is -0.803. The largest absolute Gasteiger partial charge is 0.352 e. The van der Waals surface area contributed by atoms with Crippen molar-refractivity contribution in [2.75, 3.05) is 0 Å². The molecular weight excluding hydrogens is 362 g/mol. The third-order valence-corrected chi connectivity index (χ3v) is 4.33. The number of hydrogen-bond donors (Lipinski definition) is 1. The molecule has 0 bridgehead atoms. The second-order valence-corrected chi connectivity index (χ2v) is 6.35. The monoisotopic (exact) mass is 378 g/mol. The van der Waals surface area contributed by atoms with Gasteiger partial charge in [-0.3, -0.25) is 9.78 Å². The minimum Gasteiger partial charge on any atom is -0.352 e. The summed E-state index contributed by atoms with van der Waals surface area (Å²) >= 11 is 0. The lowest BCUT2D eigenvalue weighted by Crippen LogP contribution is -2.24. The van der Waals surface area contributed by atoms with Gasteiger partial charge in [0, 0.05) is 11.9 Å². The minimum absolute atomic E-state index is 0.124. The summed E-state index contributed by atoms with van der Waals surface area (Å²) < 4.78 is 27.7. The van der Waals surface area contributed by atoms with Crippen molar-refractivity contribution in [1.82, 2.24) is 20.1 Å². The fourth-order valence-corrected chi connectivity index (χ4v) is 2.89. The van der Waals surface area contributed by atoms with Crippen LogP contribution in [-0.4, -0.2) is 20.7 Å². The second-order valence-electron chi connectivity index (χ2n) is 6.35. The van der Waals surface area contributed by atoms with Crippen molar-refractivity contribution in [3.63, 3.8) is 0 Å². The number of carbonyl (C=O) groups excluding carboxylic acids is 1. The summed E-state index contributed by atoms with van der Waals surface area (Å²) in [5, 5.41) is 7.95. The van der Waals surface area contributed by atoms with Gasteiger partial charge in [-0.25, -0.2) is 13.5 Å². The molecule has 140 valence electrons. The number of pyridine rings is 1. The third kappa shape index (κ3) is 3.88. The molecular formula is C21H16F2N4O. The Bertz CT molecular complexity index is 1120. The Morgan fingerprint density at radius 2 is 1.64 bits per heavy atom. The van der Waals surface area contributed by atoms with Crippen LogP contribution in [0, 0.1) is 11.6 Å². The molecule has 28 heavy (non-hydrogen) atoms. The van der Waals surface area contributed by atoms with E-state index in [1.807, 2.05) is 0 Å². The van der Waals surface area contributed by atoms with Crippen LogP contribution in [0.5, 0.6) is 0 Å². The SMILES string of the molecule is O=C(Cc1cc2cnn(-c3ccc(F)cc3)c2cn1)NCc1ccc(F)cc1. The van der Waals surface area contributed by atoms with Crippen LogP contribution in [0.2, 0.25) is 0 Å². The van der Waals surface area contributed by atoms with Crippen molar-refractivity contribution in [2.24, 2.45) is 0 Å². The fraction of sp³-hybridized carbons (Fsp3) is 0.0952. The Hall–Kier alpha value is -3.61. The third-order valence-electron chi connectivity index (χ3n) is 4.33. The fourth-order valence-electron chi connectivity index (χ4n) is 2.89. The maximum atomic E-state index is 13.1. The molecule has 1 amide bonds. The van der Waals surface area contributed by atoms with E-state index in [0.717, 1.165) is 22.2 Å². The van der Waals surface area contributed by atoms with Crippen LogP contribution in [0.3, 0.4) is 0 Å². The highest BCUT2D eigenvalue weighted by Crippen LogP contribution is 2.19. The van der Waals surface area contributed by atoms with E-state index >= 15 is 0 Å². The van der Waals surface area contributed by atoms with Gasteiger partial charge in [-0.15, -0.1) is 0 Å². The number of benzene rings is 2. The van der Waals surface area contributed by atoms with Crippen molar-refractivity contribution in [3.8, 4) is 5.69 Å². The molecule has 2 aromatic carbocycles. The Morgan fingerprint density at radius 1 is 0.964 bits per heavy atom. The number of halogens is 2. The lowest BCUT2D eigenvalue weighted by molar-refractivity contribution is -0.120. The van der Waals surface area contributed by atoms with Gasteiger partial charge in [0.2, 0.25) is 5.91 Å². The van der Waals surface area contributed by atoms with Crippen molar-refractivity contribution < 1.29 is 13.6 Å². The summed E-state index contributed by atoms with van der Waals surface area (Å²) in [7, 11) is 0. The number of nitrogens with one attached hydrogen (secondary N) is 1. The molecule has 5 nitrogen and oxygen atoms in total. The van der Waals surface area contributed by atoms with Crippen LogP contribution in [0.1, 0.15) is 11.3 Å². The van der Waals surface area contributed by atoms with E-state index in [-0.39, 0.29) is 24.0 Å². The number of aromatic nitrogens is 3. The van der Waals surface area contributed by atoms with Crippen molar-refractivity contribution in [3.05, 3.63) is 89.9 Å². The number of hydrogen-bond acceptors (Lipinski definition) is 3. The first-order chi connectivity index (χ1) is 13.6. The van der Waals surface area contributed by atoms with Gasteiger partial charge in [0.1, 0.15) is 11.6 Å². The highest BCUT2D eigenvalue weighted by atomic mass is 19.1. The van der Waals surface area contributed by atoms with E-state index in [4.69, 9.17) is 0 Å². The van der Waals surface area contributed by atoms with E-state index in [0.29, 0.717) is 12.2 Å². The standard InChI is InChI=1S/C21H16F2N4O/c22-16-3-1-14(2-4-16)11-25-21(28)10-18-9-15-12-26-27(20(15)13-24-18)19-7-5-17(23)6-8-19/h1-9,12-13H,10-11H2,(H,25,28). The maximum Gasteiger partial charge on any atom is 0.226 e. The summed E-state index contributed by atoms with van der Waals surface area (Å²) in [5.41, 5.74) is 2.92. The molecule has 7 heteroatoms. The first-order valence-electron chi connectivity index (χ1n) is 8.68. The number of amides is 1. The molecule has 2 heterocycles. The molecule has 0 aliphatic carbocycles. The molecule has 4 rings (SSSR count). The van der Waals surface area contributed by atoms with Crippen LogP contribution < -0.4 is 5.32 Å². The maximum absolute atomic E-state index is 13.1. The van der Waals surface area contributed by atoms with Crippen molar-refractivity contribution >= 4 is 16.8 Å². The highest BCUT2D eigenvalue weighted by molar-refractivity contribution is 5.82. The lowest BCUT2D eigenvalue weighted by atomic mass is 10.2. The lowest BCUT2D eigenvalue weighted by Gasteiger charge is -2.06. The molecule has 0 spiro atoms. The van der Waals surface area contributed by atoms with Crippen LogP contribution in [0.4, 0.5) is 8.78 Å². The Balaban J connectivity index is 1.45. The highest BCUT2D eigenvalue weighted by Gasteiger charge is 2.10. The average Bonchev–Trinajstić information content (AvgIpc) is 3.11. The molecule has 0 saturated heterocycles. The predicted molar refractivity (Wildman–Crippen MR) is 101 cm³/mol. The van der Waals surface area contributed by atoms with Gasteiger partial charge in [-0.1, -0.05) is 12.1 Å². The van der Waals surface area contributed by atoms with E-state index in [2.05, 4.69) is 15.4 Å². The van der Waals surface area contributed by atoms with Gasteiger partial charge in [0.05, 0.1) is 35.7 Å². The first-order valence-corrected chi connectivity index (χ1v) is 8.68. The topological polar surface area (TPSA) is 59.8 Å². The van der Waals surface area contributed by atoms with Crippen molar-refractivity contribution in [2.45, 2.75) is 13.0 Å². The molecule has 0 radical (unpaired) electrons. The van der Waals surface area contributed by atoms with Gasteiger partial charge in [-0.2, -0.15) is 5.10 Å². The summed E-state index contributed by atoms with van der Waals surface area (Å²) in [4.78, 5) is 16.5. The zero-order valence-electron chi connectivity index (χ0n) is 14.8. The van der Waals surface area contributed by atoms with Gasteiger partial charge < -0.3 is 5.32 Å². The van der Waals surface area contributed by atoms with E-state index < -0.39 is 0 Å². The van der Waals surface area contributed by atoms with E-state index in [1.165, 1.54) is 24.3 Å². The van der Waals surface area contributed by atoms with Crippen LogP contribution in [-0.2, 0) is 17.8 Å². The smallest absolute Gasteiger partial charge is 0.226 e. The Kier molecular flexibility index (Phi) is 4.80. The zero-order chi connectivity index (χ0) is 19.5. The van der Waals surface area contributed by atoms with Gasteiger partial charge in [0.15, 0.2) is 0 Å². The number of carbonyl (C=O) groups is 1. The van der Waals surface area contributed by atoms with Gasteiger partial charge in [-0.05, 0) is 48.0 Å². The molecule has 2 aromatic heterocycles.